The summed E-state index contributed by atoms with van der Waals surface area (Å²) in [5.41, 5.74) is 0.174. The van der Waals surface area contributed by atoms with Crippen molar-refractivity contribution in [3.8, 4) is 5.69 Å². The Morgan fingerprint density at radius 1 is 1.28 bits per heavy atom. The molecule has 0 atom stereocenters. The van der Waals surface area contributed by atoms with Gasteiger partial charge < -0.3 is 10.4 Å². The number of hydrogen-bond donors (Lipinski definition) is 2. The van der Waals surface area contributed by atoms with Gasteiger partial charge in [-0.3, -0.25) is 0 Å². The second kappa shape index (κ2) is 5.24. The molecule has 2 aromatic rings. The highest BCUT2D eigenvalue weighted by atomic mass is 16.3. The second-order valence-corrected chi connectivity index (χ2v) is 4.76. The average molecular weight is 247 g/mol. The summed E-state index contributed by atoms with van der Waals surface area (Å²) in [6, 6.07) is 9.70. The Labute approximate surface area is 106 Å². The van der Waals surface area contributed by atoms with Gasteiger partial charge in [0.25, 0.3) is 0 Å². The molecule has 0 saturated heterocycles. The Morgan fingerprint density at radius 3 is 2.67 bits per heavy atom. The summed E-state index contributed by atoms with van der Waals surface area (Å²) in [4.78, 5) is 0. The van der Waals surface area contributed by atoms with E-state index in [2.05, 4.69) is 20.8 Å². The van der Waals surface area contributed by atoms with Gasteiger partial charge in [-0.15, -0.1) is 5.10 Å². The molecule has 0 saturated carbocycles. The molecular weight excluding hydrogens is 230 g/mol. The molecule has 0 aliphatic heterocycles. The lowest BCUT2D eigenvalue weighted by atomic mass is 10.1. The molecule has 1 aromatic heterocycles. The largest absolute Gasteiger partial charge is 0.389 e. The van der Waals surface area contributed by atoms with Crippen LogP contribution in [0.25, 0.3) is 5.69 Å². The Kier molecular flexibility index (Phi) is 3.69. The predicted molar refractivity (Wildman–Crippen MR) is 67.2 cm³/mol. The van der Waals surface area contributed by atoms with Crippen molar-refractivity contribution in [3.63, 3.8) is 0 Å². The maximum Gasteiger partial charge on any atom is 0.170 e. The molecule has 0 aliphatic carbocycles. The zero-order valence-corrected chi connectivity index (χ0v) is 10.5. The molecule has 0 amide bonds. The van der Waals surface area contributed by atoms with Crippen molar-refractivity contribution < 1.29 is 5.11 Å². The quantitative estimate of drug-likeness (QED) is 0.805. The van der Waals surface area contributed by atoms with E-state index in [0.717, 1.165) is 5.69 Å². The number of nitrogens with one attached hydrogen (secondary N) is 1. The van der Waals surface area contributed by atoms with Crippen LogP contribution in [0, 0.1) is 0 Å². The van der Waals surface area contributed by atoms with E-state index < -0.39 is 5.60 Å². The summed E-state index contributed by atoms with van der Waals surface area (Å²) in [6.45, 7) is 4.49. The summed E-state index contributed by atoms with van der Waals surface area (Å²) in [6.07, 6.45) is 0. The number of aliphatic hydroxyl groups is 1. The summed E-state index contributed by atoms with van der Waals surface area (Å²) in [5.74, 6) is 0.713. The van der Waals surface area contributed by atoms with E-state index in [0.29, 0.717) is 18.9 Å². The molecule has 2 rings (SSSR count). The lowest BCUT2D eigenvalue weighted by Crippen LogP contribution is -2.34. The highest BCUT2D eigenvalue weighted by Gasteiger charge is 2.13. The first kappa shape index (κ1) is 12.7. The summed E-state index contributed by atoms with van der Waals surface area (Å²) >= 11 is 0. The first-order chi connectivity index (χ1) is 8.56. The fourth-order valence-corrected chi connectivity index (χ4v) is 1.57. The van der Waals surface area contributed by atoms with E-state index >= 15 is 0 Å². The third kappa shape index (κ3) is 3.35. The molecule has 0 aliphatic rings. The van der Waals surface area contributed by atoms with Crippen molar-refractivity contribution in [1.82, 2.24) is 25.5 Å². The van der Waals surface area contributed by atoms with Gasteiger partial charge in [0.05, 0.1) is 17.8 Å². The Balaban J connectivity index is 2.05. The number of rotatable bonds is 5. The molecule has 96 valence electrons. The van der Waals surface area contributed by atoms with Crippen LogP contribution in [0.15, 0.2) is 30.3 Å². The van der Waals surface area contributed by atoms with E-state index in [9.17, 15) is 5.11 Å². The number of tetrazole rings is 1. The highest BCUT2D eigenvalue weighted by molar-refractivity contribution is 5.30. The molecule has 1 aromatic carbocycles. The van der Waals surface area contributed by atoms with Crippen LogP contribution in [0.5, 0.6) is 0 Å². The molecule has 0 bridgehead atoms. The third-order valence-corrected chi connectivity index (χ3v) is 2.38. The fraction of sp³-hybridized carbons (Fsp3) is 0.417. The zero-order valence-electron chi connectivity index (χ0n) is 10.5. The SMILES string of the molecule is CC(C)(O)CNCc1nnnn1-c1ccccc1. The van der Waals surface area contributed by atoms with E-state index in [-0.39, 0.29) is 0 Å². The molecule has 18 heavy (non-hydrogen) atoms. The monoisotopic (exact) mass is 247 g/mol. The number of hydrogen-bond acceptors (Lipinski definition) is 5. The number of para-hydroxylation sites is 1. The van der Waals surface area contributed by atoms with Crippen LogP contribution in [-0.2, 0) is 6.54 Å². The summed E-state index contributed by atoms with van der Waals surface area (Å²) < 4.78 is 1.68. The Bertz CT molecular complexity index is 489. The van der Waals surface area contributed by atoms with E-state index in [1.165, 1.54) is 0 Å². The molecule has 6 heteroatoms. The van der Waals surface area contributed by atoms with Crippen LogP contribution < -0.4 is 5.32 Å². The standard InChI is InChI=1S/C12H17N5O/c1-12(2,18)9-13-8-11-14-15-16-17(11)10-6-4-3-5-7-10/h3-7,13,18H,8-9H2,1-2H3. The zero-order chi connectivity index (χ0) is 13.0. The maximum absolute atomic E-state index is 9.61. The van der Waals surface area contributed by atoms with Crippen molar-refractivity contribution in [2.24, 2.45) is 0 Å². The van der Waals surface area contributed by atoms with E-state index in [1.54, 1.807) is 18.5 Å². The van der Waals surface area contributed by atoms with E-state index in [4.69, 9.17) is 0 Å². The van der Waals surface area contributed by atoms with Crippen LogP contribution in [-0.4, -0.2) is 37.5 Å². The Morgan fingerprint density at radius 2 is 2.00 bits per heavy atom. The molecule has 0 unspecified atom stereocenters. The fourth-order valence-electron chi connectivity index (χ4n) is 1.57. The Hall–Kier alpha value is -1.79. The molecule has 2 N–H and O–H groups in total. The van der Waals surface area contributed by atoms with Crippen LogP contribution >= 0.6 is 0 Å². The summed E-state index contributed by atoms with van der Waals surface area (Å²) in [5, 5.41) is 24.3. The van der Waals surface area contributed by atoms with Gasteiger partial charge >= 0.3 is 0 Å². The third-order valence-electron chi connectivity index (χ3n) is 2.38. The number of nitrogens with zero attached hydrogens (tertiary/aromatic N) is 4. The number of benzene rings is 1. The van der Waals surface area contributed by atoms with Crippen LogP contribution in [0.1, 0.15) is 19.7 Å². The van der Waals surface area contributed by atoms with Crippen LogP contribution in [0.4, 0.5) is 0 Å². The highest BCUT2D eigenvalue weighted by Crippen LogP contribution is 2.07. The van der Waals surface area contributed by atoms with Crippen molar-refractivity contribution in [1.29, 1.82) is 0 Å². The lowest BCUT2D eigenvalue weighted by Gasteiger charge is -2.17. The molecule has 6 nitrogen and oxygen atoms in total. The molecular formula is C12H17N5O. The van der Waals surface area contributed by atoms with Gasteiger partial charge in [-0.2, -0.15) is 4.68 Å². The van der Waals surface area contributed by atoms with Gasteiger partial charge in [0, 0.05) is 6.54 Å². The van der Waals surface area contributed by atoms with Gasteiger partial charge in [-0.1, -0.05) is 18.2 Å². The normalized spacial score (nSPS) is 11.7. The van der Waals surface area contributed by atoms with Crippen LogP contribution in [0.3, 0.4) is 0 Å². The first-order valence-electron chi connectivity index (χ1n) is 5.82. The summed E-state index contributed by atoms with van der Waals surface area (Å²) in [7, 11) is 0. The van der Waals surface area contributed by atoms with Gasteiger partial charge in [0.2, 0.25) is 0 Å². The van der Waals surface area contributed by atoms with Crippen molar-refractivity contribution in [2.45, 2.75) is 26.0 Å². The smallest absolute Gasteiger partial charge is 0.170 e. The maximum atomic E-state index is 9.61. The van der Waals surface area contributed by atoms with Crippen LogP contribution in [0.2, 0.25) is 0 Å². The molecule has 0 radical (unpaired) electrons. The van der Waals surface area contributed by atoms with Crippen molar-refractivity contribution in [3.05, 3.63) is 36.2 Å². The molecule has 0 fully saturated rings. The average Bonchev–Trinajstić information content (AvgIpc) is 2.77. The van der Waals surface area contributed by atoms with Gasteiger partial charge in [-0.05, 0) is 36.4 Å². The second-order valence-electron chi connectivity index (χ2n) is 4.76. The van der Waals surface area contributed by atoms with Gasteiger partial charge in [0.15, 0.2) is 5.82 Å². The van der Waals surface area contributed by atoms with Gasteiger partial charge in [-0.25, -0.2) is 0 Å². The minimum absolute atomic E-state index is 0.481. The van der Waals surface area contributed by atoms with Gasteiger partial charge in [0.1, 0.15) is 0 Å². The minimum atomic E-state index is -0.745. The van der Waals surface area contributed by atoms with Crippen molar-refractivity contribution in [2.75, 3.05) is 6.54 Å². The number of aromatic nitrogens is 4. The first-order valence-corrected chi connectivity index (χ1v) is 5.82. The van der Waals surface area contributed by atoms with E-state index in [1.807, 2.05) is 30.3 Å². The lowest BCUT2D eigenvalue weighted by molar-refractivity contribution is 0.0792. The molecule has 1 heterocycles. The van der Waals surface area contributed by atoms with Crippen molar-refractivity contribution >= 4 is 0 Å². The minimum Gasteiger partial charge on any atom is -0.389 e. The predicted octanol–water partition coefficient (Wildman–Crippen LogP) is 0.523. The topological polar surface area (TPSA) is 75.9 Å². The molecule has 0 spiro atoms.